The standard InChI is InChI=1S/C19H18F2N2O3S/c1-2-25-10-9-23-16-8-5-14(21)11-17(16)27-19(23)22-18(24)12-26-15-6-3-13(20)4-7-15/h3-8,11H,2,9-10,12H2,1H3. The molecule has 1 aromatic heterocycles. The second-order valence-corrected chi connectivity index (χ2v) is 6.60. The highest BCUT2D eigenvalue weighted by atomic mass is 32.1. The minimum Gasteiger partial charge on any atom is -0.484 e. The molecule has 0 saturated heterocycles. The zero-order chi connectivity index (χ0) is 19.2. The van der Waals surface area contributed by atoms with Crippen molar-refractivity contribution in [2.24, 2.45) is 4.99 Å². The van der Waals surface area contributed by atoms with E-state index in [-0.39, 0.29) is 18.2 Å². The van der Waals surface area contributed by atoms with E-state index in [2.05, 4.69) is 4.99 Å². The summed E-state index contributed by atoms with van der Waals surface area (Å²) in [6.45, 7) is 3.14. The minimum absolute atomic E-state index is 0.278. The van der Waals surface area contributed by atoms with Gasteiger partial charge in [0.25, 0.3) is 5.91 Å². The molecular formula is C19H18F2N2O3S. The van der Waals surface area contributed by atoms with E-state index in [4.69, 9.17) is 9.47 Å². The predicted molar refractivity (Wildman–Crippen MR) is 98.7 cm³/mol. The van der Waals surface area contributed by atoms with Crippen molar-refractivity contribution in [3.05, 3.63) is 58.9 Å². The number of thiazole rings is 1. The van der Waals surface area contributed by atoms with Gasteiger partial charge in [-0.2, -0.15) is 4.99 Å². The van der Waals surface area contributed by atoms with Crippen molar-refractivity contribution in [1.82, 2.24) is 4.57 Å². The first-order valence-electron chi connectivity index (χ1n) is 8.39. The molecule has 1 amide bonds. The van der Waals surface area contributed by atoms with Crippen LogP contribution in [0.15, 0.2) is 47.5 Å². The maximum Gasteiger partial charge on any atom is 0.286 e. The van der Waals surface area contributed by atoms with Crippen LogP contribution in [0.4, 0.5) is 8.78 Å². The number of carbonyl (C=O) groups is 1. The molecule has 3 aromatic rings. The molecule has 0 N–H and O–H groups in total. The molecule has 2 aromatic carbocycles. The lowest BCUT2D eigenvalue weighted by Crippen LogP contribution is -2.21. The van der Waals surface area contributed by atoms with Gasteiger partial charge in [0.1, 0.15) is 17.4 Å². The van der Waals surface area contributed by atoms with Gasteiger partial charge in [-0.05, 0) is 49.4 Å². The van der Waals surface area contributed by atoms with Crippen LogP contribution in [-0.4, -0.2) is 30.3 Å². The molecule has 1 heterocycles. The maximum absolute atomic E-state index is 13.5. The highest BCUT2D eigenvalue weighted by molar-refractivity contribution is 7.16. The van der Waals surface area contributed by atoms with E-state index in [0.717, 1.165) is 5.52 Å². The van der Waals surface area contributed by atoms with Crippen molar-refractivity contribution in [2.75, 3.05) is 19.8 Å². The Morgan fingerprint density at radius 1 is 1.15 bits per heavy atom. The van der Waals surface area contributed by atoms with Crippen LogP contribution in [-0.2, 0) is 16.1 Å². The van der Waals surface area contributed by atoms with Gasteiger partial charge in [-0.25, -0.2) is 8.78 Å². The van der Waals surface area contributed by atoms with Crippen LogP contribution in [0.25, 0.3) is 10.2 Å². The molecule has 27 heavy (non-hydrogen) atoms. The fourth-order valence-electron chi connectivity index (χ4n) is 2.46. The zero-order valence-corrected chi connectivity index (χ0v) is 15.5. The fourth-order valence-corrected chi connectivity index (χ4v) is 3.56. The number of nitrogens with zero attached hydrogens (tertiary/aromatic N) is 2. The van der Waals surface area contributed by atoms with Gasteiger partial charge in [0.2, 0.25) is 0 Å². The van der Waals surface area contributed by atoms with Crippen molar-refractivity contribution in [2.45, 2.75) is 13.5 Å². The van der Waals surface area contributed by atoms with Crippen molar-refractivity contribution < 1.29 is 23.0 Å². The quantitative estimate of drug-likeness (QED) is 0.578. The van der Waals surface area contributed by atoms with E-state index in [0.29, 0.717) is 35.0 Å². The summed E-state index contributed by atoms with van der Waals surface area (Å²) >= 11 is 1.22. The fraction of sp³-hybridized carbons (Fsp3) is 0.263. The number of ether oxygens (including phenoxy) is 2. The summed E-state index contributed by atoms with van der Waals surface area (Å²) in [5.74, 6) is -0.844. The van der Waals surface area contributed by atoms with Crippen molar-refractivity contribution in [3.63, 3.8) is 0 Å². The third-order valence-corrected chi connectivity index (χ3v) is 4.75. The summed E-state index contributed by atoms with van der Waals surface area (Å²) in [4.78, 5) is 16.8. The Morgan fingerprint density at radius 2 is 1.89 bits per heavy atom. The summed E-state index contributed by atoms with van der Waals surface area (Å²) in [6, 6.07) is 9.81. The van der Waals surface area contributed by atoms with Crippen LogP contribution >= 0.6 is 11.3 Å². The third kappa shape index (κ3) is 4.99. The molecule has 5 nitrogen and oxygen atoms in total. The third-order valence-electron chi connectivity index (χ3n) is 3.70. The number of rotatable bonds is 7. The minimum atomic E-state index is -0.489. The molecule has 0 aliphatic carbocycles. The Labute approximate surface area is 158 Å². The smallest absolute Gasteiger partial charge is 0.286 e. The molecule has 0 atom stereocenters. The Kier molecular flexibility index (Phi) is 6.31. The van der Waals surface area contributed by atoms with E-state index in [1.165, 1.54) is 47.7 Å². The number of hydrogen-bond acceptors (Lipinski definition) is 4. The normalized spacial score (nSPS) is 11.9. The van der Waals surface area contributed by atoms with Gasteiger partial charge in [-0.15, -0.1) is 0 Å². The largest absolute Gasteiger partial charge is 0.484 e. The average Bonchev–Trinajstić information content (AvgIpc) is 2.97. The summed E-state index contributed by atoms with van der Waals surface area (Å²) in [6.07, 6.45) is 0. The molecule has 142 valence electrons. The number of carbonyl (C=O) groups excluding carboxylic acids is 1. The highest BCUT2D eigenvalue weighted by Crippen LogP contribution is 2.18. The number of fused-ring (bicyclic) bond motifs is 1. The van der Waals surface area contributed by atoms with E-state index >= 15 is 0 Å². The molecule has 0 unspecified atom stereocenters. The molecule has 0 aliphatic rings. The van der Waals surface area contributed by atoms with Crippen molar-refractivity contribution in [3.8, 4) is 5.75 Å². The van der Waals surface area contributed by atoms with Gasteiger partial charge in [0.05, 0.1) is 16.8 Å². The van der Waals surface area contributed by atoms with Crippen LogP contribution in [0.5, 0.6) is 5.75 Å². The first kappa shape index (κ1) is 19.2. The number of benzene rings is 2. The molecule has 0 fully saturated rings. The van der Waals surface area contributed by atoms with E-state index < -0.39 is 5.91 Å². The van der Waals surface area contributed by atoms with Gasteiger partial charge in [-0.1, -0.05) is 11.3 Å². The van der Waals surface area contributed by atoms with Crippen LogP contribution in [0.3, 0.4) is 0 Å². The second-order valence-electron chi connectivity index (χ2n) is 5.59. The van der Waals surface area contributed by atoms with E-state index in [1.54, 1.807) is 6.07 Å². The topological polar surface area (TPSA) is 52.8 Å². The lowest BCUT2D eigenvalue weighted by Gasteiger charge is -2.06. The lowest BCUT2D eigenvalue weighted by molar-refractivity contribution is -0.120. The Balaban J connectivity index is 1.83. The van der Waals surface area contributed by atoms with Gasteiger partial charge in [-0.3, -0.25) is 4.79 Å². The Hall–Kier alpha value is -2.58. The van der Waals surface area contributed by atoms with Crippen LogP contribution in [0, 0.1) is 11.6 Å². The summed E-state index contributed by atoms with van der Waals surface area (Å²) in [5.41, 5.74) is 0.784. The van der Waals surface area contributed by atoms with E-state index in [1.807, 2.05) is 11.5 Å². The Morgan fingerprint density at radius 3 is 2.63 bits per heavy atom. The maximum atomic E-state index is 13.5. The zero-order valence-electron chi connectivity index (χ0n) is 14.7. The number of aromatic nitrogens is 1. The second kappa shape index (κ2) is 8.88. The number of hydrogen-bond donors (Lipinski definition) is 0. The molecule has 3 rings (SSSR count). The van der Waals surface area contributed by atoms with Gasteiger partial charge in [0.15, 0.2) is 11.4 Å². The summed E-state index contributed by atoms with van der Waals surface area (Å²) < 4.78 is 39.6. The molecule has 0 saturated carbocycles. The van der Waals surface area contributed by atoms with Gasteiger partial charge < -0.3 is 14.0 Å². The molecular weight excluding hydrogens is 374 g/mol. The molecule has 0 bridgehead atoms. The predicted octanol–water partition coefficient (Wildman–Crippen LogP) is 3.52. The van der Waals surface area contributed by atoms with Crippen LogP contribution in [0.2, 0.25) is 0 Å². The van der Waals surface area contributed by atoms with Crippen LogP contribution < -0.4 is 9.54 Å². The Bertz CT molecular complexity index is 996. The van der Waals surface area contributed by atoms with E-state index in [9.17, 15) is 13.6 Å². The summed E-state index contributed by atoms with van der Waals surface area (Å²) in [5, 5.41) is 0. The first-order chi connectivity index (χ1) is 13.1. The number of halogens is 2. The SMILES string of the molecule is CCOCCn1c(=NC(=O)COc2ccc(F)cc2)sc2cc(F)ccc21. The van der Waals surface area contributed by atoms with Crippen molar-refractivity contribution >= 4 is 27.5 Å². The molecule has 0 spiro atoms. The van der Waals surface area contributed by atoms with Crippen LogP contribution in [0.1, 0.15) is 6.92 Å². The first-order valence-corrected chi connectivity index (χ1v) is 9.21. The van der Waals surface area contributed by atoms with Gasteiger partial charge >= 0.3 is 0 Å². The molecule has 0 aliphatic heterocycles. The highest BCUT2D eigenvalue weighted by Gasteiger charge is 2.09. The molecule has 8 heteroatoms. The lowest BCUT2D eigenvalue weighted by atomic mass is 10.3. The van der Waals surface area contributed by atoms with Crippen molar-refractivity contribution in [1.29, 1.82) is 0 Å². The van der Waals surface area contributed by atoms with Gasteiger partial charge in [0, 0.05) is 13.2 Å². The monoisotopic (exact) mass is 392 g/mol. The summed E-state index contributed by atoms with van der Waals surface area (Å²) in [7, 11) is 0. The molecule has 0 radical (unpaired) electrons. The number of amides is 1. The average molecular weight is 392 g/mol.